The summed E-state index contributed by atoms with van der Waals surface area (Å²) in [5.74, 6) is 0. The highest BCUT2D eigenvalue weighted by molar-refractivity contribution is 7.91. The Morgan fingerprint density at radius 2 is 2.00 bits per heavy atom. The monoisotopic (exact) mass is 398 g/mol. The average Bonchev–Trinajstić information content (AvgIpc) is 3.17. The van der Waals surface area contributed by atoms with Gasteiger partial charge in [-0.2, -0.15) is 0 Å². The lowest BCUT2D eigenvalue weighted by Crippen LogP contribution is -2.25. The molecule has 4 nitrogen and oxygen atoms in total. The van der Waals surface area contributed by atoms with Crippen molar-refractivity contribution in [2.45, 2.75) is 17.6 Å². The topological polar surface area (TPSA) is 59.1 Å². The Morgan fingerprint density at radius 1 is 1.21 bits per heavy atom. The molecule has 0 unspecified atom stereocenters. The van der Waals surface area contributed by atoms with Crippen LogP contribution < -0.4 is 4.72 Å². The number of aromatic nitrogens is 1. The van der Waals surface area contributed by atoms with Gasteiger partial charge in [0.2, 0.25) is 10.0 Å². The van der Waals surface area contributed by atoms with E-state index in [0.29, 0.717) is 17.3 Å². The van der Waals surface area contributed by atoms with Crippen LogP contribution in [0.25, 0.3) is 10.6 Å². The molecule has 0 radical (unpaired) electrons. The Hall–Kier alpha value is -1.25. The fourth-order valence-electron chi connectivity index (χ4n) is 2.19. The van der Waals surface area contributed by atoms with Gasteiger partial charge < -0.3 is 0 Å². The van der Waals surface area contributed by atoms with E-state index in [9.17, 15) is 8.42 Å². The lowest BCUT2D eigenvalue weighted by molar-refractivity contribution is 0.583. The average molecular weight is 399 g/mol. The minimum absolute atomic E-state index is 0.228. The van der Waals surface area contributed by atoms with Gasteiger partial charge in [-0.15, -0.1) is 22.7 Å². The number of thiazole rings is 1. The molecule has 0 fully saturated rings. The molecule has 3 rings (SSSR count). The van der Waals surface area contributed by atoms with Crippen molar-refractivity contribution >= 4 is 44.3 Å². The number of nitrogens with one attached hydrogen (secondary N) is 1. The van der Waals surface area contributed by atoms with Gasteiger partial charge in [0.05, 0.1) is 10.0 Å². The molecule has 0 atom stereocenters. The molecule has 0 aliphatic rings. The molecule has 0 spiro atoms. The van der Waals surface area contributed by atoms with Crippen LogP contribution >= 0.6 is 34.3 Å². The molecule has 0 saturated carbocycles. The summed E-state index contributed by atoms with van der Waals surface area (Å²) >= 11 is 8.40. The number of aryl methyl sites for hydroxylation is 1. The summed E-state index contributed by atoms with van der Waals surface area (Å²) in [7, 11) is -3.50. The van der Waals surface area contributed by atoms with Crippen LogP contribution in [0.15, 0.2) is 46.0 Å². The van der Waals surface area contributed by atoms with Gasteiger partial charge in [0, 0.05) is 23.9 Å². The minimum Gasteiger partial charge on any atom is -0.241 e. The molecule has 2 heterocycles. The van der Waals surface area contributed by atoms with E-state index in [0.717, 1.165) is 27.6 Å². The highest BCUT2D eigenvalue weighted by Gasteiger charge is 2.16. The minimum atomic E-state index is -3.50. The summed E-state index contributed by atoms with van der Waals surface area (Å²) in [6.45, 7) is 2.35. The number of benzene rings is 1. The molecule has 3 aromatic rings. The number of nitrogens with zero attached hydrogens (tertiary/aromatic N) is 1. The van der Waals surface area contributed by atoms with Crippen LogP contribution in [0.4, 0.5) is 0 Å². The fourth-order valence-corrected chi connectivity index (χ4v) is 5.69. The van der Waals surface area contributed by atoms with E-state index in [-0.39, 0.29) is 4.21 Å². The first-order chi connectivity index (χ1) is 11.5. The Balaban J connectivity index is 1.63. The third-order valence-electron chi connectivity index (χ3n) is 3.41. The first-order valence-corrected chi connectivity index (χ1v) is 10.8. The molecular formula is C16H15ClN2O2S3. The van der Waals surface area contributed by atoms with Gasteiger partial charge in [-0.05, 0) is 24.6 Å². The third kappa shape index (κ3) is 4.04. The summed E-state index contributed by atoms with van der Waals surface area (Å²) in [5.41, 5.74) is 3.17. The molecule has 0 saturated heterocycles. The first kappa shape index (κ1) is 17.6. The van der Waals surface area contributed by atoms with Crippen LogP contribution in [-0.4, -0.2) is 19.9 Å². The van der Waals surface area contributed by atoms with E-state index >= 15 is 0 Å². The van der Waals surface area contributed by atoms with Crippen LogP contribution in [0.3, 0.4) is 0 Å². The van der Waals surface area contributed by atoms with Crippen LogP contribution in [0, 0.1) is 6.92 Å². The van der Waals surface area contributed by atoms with E-state index in [4.69, 9.17) is 11.6 Å². The van der Waals surface area contributed by atoms with Crippen molar-refractivity contribution < 1.29 is 8.42 Å². The van der Waals surface area contributed by atoms with Crippen molar-refractivity contribution in [2.75, 3.05) is 6.54 Å². The lowest BCUT2D eigenvalue weighted by Gasteiger charge is -2.03. The Morgan fingerprint density at radius 3 is 2.71 bits per heavy atom. The quantitative estimate of drug-likeness (QED) is 0.671. The SMILES string of the molecule is Cc1ccccc1-c1nc(CCNS(=O)(=O)c2ccc(Cl)s2)cs1. The molecule has 1 N–H and O–H groups in total. The van der Waals surface area contributed by atoms with E-state index in [1.165, 1.54) is 11.6 Å². The number of sulfonamides is 1. The highest BCUT2D eigenvalue weighted by Crippen LogP contribution is 2.27. The van der Waals surface area contributed by atoms with Gasteiger partial charge in [0.1, 0.15) is 9.22 Å². The van der Waals surface area contributed by atoms with Crippen molar-refractivity contribution in [2.24, 2.45) is 0 Å². The first-order valence-electron chi connectivity index (χ1n) is 7.21. The fraction of sp³-hybridized carbons (Fsp3) is 0.188. The Labute approximate surface area is 154 Å². The maximum atomic E-state index is 12.1. The predicted octanol–water partition coefficient (Wildman–Crippen LogP) is 4.35. The van der Waals surface area contributed by atoms with E-state index < -0.39 is 10.0 Å². The van der Waals surface area contributed by atoms with Crippen molar-refractivity contribution in [1.82, 2.24) is 9.71 Å². The van der Waals surface area contributed by atoms with E-state index in [2.05, 4.69) is 22.7 Å². The van der Waals surface area contributed by atoms with Crippen LogP contribution in [0.1, 0.15) is 11.3 Å². The normalized spacial score (nSPS) is 11.8. The molecule has 126 valence electrons. The van der Waals surface area contributed by atoms with Crippen LogP contribution in [0.2, 0.25) is 4.34 Å². The molecule has 0 aliphatic carbocycles. The summed E-state index contributed by atoms with van der Waals surface area (Å²) in [6.07, 6.45) is 0.542. The zero-order chi connectivity index (χ0) is 17.2. The van der Waals surface area contributed by atoms with Crippen molar-refractivity contribution in [3.8, 4) is 10.6 Å². The molecule has 24 heavy (non-hydrogen) atoms. The maximum absolute atomic E-state index is 12.1. The molecule has 0 bridgehead atoms. The van der Waals surface area contributed by atoms with Crippen molar-refractivity contribution in [1.29, 1.82) is 0 Å². The van der Waals surface area contributed by atoms with Crippen LogP contribution in [0.5, 0.6) is 0 Å². The lowest BCUT2D eigenvalue weighted by atomic mass is 10.1. The van der Waals surface area contributed by atoms with Gasteiger partial charge in [-0.1, -0.05) is 35.9 Å². The molecule has 8 heteroatoms. The standard InChI is InChI=1S/C16H15ClN2O2S3/c1-11-4-2-3-5-13(11)16-19-12(10-22-16)8-9-18-24(20,21)15-7-6-14(17)23-15/h2-7,10,18H,8-9H2,1H3. The largest absolute Gasteiger partial charge is 0.250 e. The maximum Gasteiger partial charge on any atom is 0.250 e. The summed E-state index contributed by atoms with van der Waals surface area (Å²) in [6, 6.07) is 11.2. The van der Waals surface area contributed by atoms with Crippen molar-refractivity contribution in [3.63, 3.8) is 0 Å². The summed E-state index contributed by atoms with van der Waals surface area (Å²) in [4.78, 5) is 4.60. The second-order valence-electron chi connectivity index (χ2n) is 5.17. The van der Waals surface area contributed by atoms with Crippen molar-refractivity contribution in [3.05, 3.63) is 57.4 Å². The molecule has 1 aromatic carbocycles. The molecule has 0 aliphatic heterocycles. The van der Waals surface area contributed by atoms with E-state index in [1.54, 1.807) is 17.4 Å². The number of hydrogen-bond donors (Lipinski definition) is 1. The molecule has 2 aromatic heterocycles. The summed E-state index contributed by atoms with van der Waals surface area (Å²) < 4.78 is 27.5. The number of hydrogen-bond acceptors (Lipinski definition) is 5. The molecule has 0 amide bonds. The molecular weight excluding hydrogens is 384 g/mol. The zero-order valence-electron chi connectivity index (χ0n) is 12.8. The highest BCUT2D eigenvalue weighted by atomic mass is 35.5. The number of thiophene rings is 1. The van der Waals surface area contributed by atoms with E-state index in [1.807, 2.05) is 23.6 Å². The smallest absolute Gasteiger partial charge is 0.241 e. The second kappa shape index (κ2) is 7.33. The van der Waals surface area contributed by atoms with Gasteiger partial charge >= 0.3 is 0 Å². The predicted molar refractivity (Wildman–Crippen MR) is 101 cm³/mol. The van der Waals surface area contributed by atoms with Gasteiger partial charge in [-0.25, -0.2) is 18.1 Å². The Bertz CT molecular complexity index is 948. The van der Waals surface area contributed by atoms with Gasteiger partial charge in [0.15, 0.2) is 0 Å². The Kier molecular flexibility index (Phi) is 5.36. The van der Waals surface area contributed by atoms with Crippen LogP contribution in [-0.2, 0) is 16.4 Å². The zero-order valence-corrected chi connectivity index (χ0v) is 16.0. The second-order valence-corrected chi connectivity index (χ2v) is 9.73. The number of halogens is 1. The number of rotatable bonds is 6. The third-order valence-corrected chi connectivity index (χ3v) is 7.52. The van der Waals surface area contributed by atoms with Gasteiger partial charge in [-0.3, -0.25) is 0 Å². The van der Waals surface area contributed by atoms with Gasteiger partial charge in [0.25, 0.3) is 0 Å². The summed E-state index contributed by atoms with van der Waals surface area (Å²) in [5, 5.41) is 2.92.